The van der Waals surface area contributed by atoms with Gasteiger partial charge in [0.15, 0.2) is 6.10 Å². The van der Waals surface area contributed by atoms with Crippen LogP contribution in [-0.2, 0) is 11.3 Å². The number of nitrogens with one attached hydrogen (secondary N) is 1. The highest BCUT2D eigenvalue weighted by atomic mass is 35.5. The van der Waals surface area contributed by atoms with E-state index in [1.807, 2.05) is 37.3 Å². The van der Waals surface area contributed by atoms with Gasteiger partial charge < -0.3 is 15.0 Å². The molecule has 0 radical (unpaired) electrons. The Labute approximate surface area is 180 Å². The monoisotopic (exact) mass is 420 g/mol. The molecule has 1 aliphatic rings. The van der Waals surface area contributed by atoms with Crippen molar-refractivity contribution in [1.82, 2.24) is 0 Å². The lowest BCUT2D eigenvalue weighted by Gasteiger charge is -2.33. The Bertz CT molecular complexity index is 1110. The van der Waals surface area contributed by atoms with Crippen LogP contribution in [0.25, 0.3) is 0 Å². The van der Waals surface area contributed by atoms with Crippen LogP contribution >= 0.6 is 11.6 Å². The van der Waals surface area contributed by atoms with Gasteiger partial charge in [-0.15, -0.1) is 0 Å². The minimum atomic E-state index is -0.593. The summed E-state index contributed by atoms with van der Waals surface area (Å²) < 4.78 is 5.76. The van der Waals surface area contributed by atoms with Gasteiger partial charge in [0.25, 0.3) is 11.8 Å². The first-order valence-corrected chi connectivity index (χ1v) is 10.0. The van der Waals surface area contributed by atoms with Gasteiger partial charge in [0, 0.05) is 16.3 Å². The Morgan fingerprint density at radius 3 is 2.60 bits per heavy atom. The number of ether oxygens (including phenoxy) is 1. The standard InChI is InChI=1S/C24H21ClN2O3/c1-15-6-8-18(9-7-15)23(28)26-20-10-11-22-21(13-20)27(24(29)16(2)30-22)14-17-4-3-5-19(25)12-17/h3-13,16H,14H2,1-2H3,(H,26,28). The molecule has 0 aliphatic carbocycles. The SMILES string of the molecule is Cc1ccc(C(=O)Nc2ccc3c(c2)N(Cc2cccc(Cl)c2)C(=O)C(C)O3)cc1. The molecule has 0 saturated heterocycles. The normalized spacial score (nSPS) is 15.4. The molecule has 3 aromatic rings. The third-order valence-electron chi connectivity index (χ3n) is 4.97. The molecule has 2 amide bonds. The molecule has 0 fully saturated rings. The summed E-state index contributed by atoms with van der Waals surface area (Å²) in [5.41, 5.74) is 3.75. The van der Waals surface area contributed by atoms with Crippen molar-refractivity contribution in [3.63, 3.8) is 0 Å². The van der Waals surface area contributed by atoms with Crippen molar-refractivity contribution in [2.45, 2.75) is 26.5 Å². The first-order chi connectivity index (χ1) is 14.4. The molecule has 30 heavy (non-hydrogen) atoms. The van der Waals surface area contributed by atoms with Gasteiger partial charge in [-0.1, -0.05) is 41.4 Å². The van der Waals surface area contributed by atoms with E-state index in [2.05, 4.69) is 5.32 Å². The number of anilines is 2. The summed E-state index contributed by atoms with van der Waals surface area (Å²) in [5, 5.41) is 3.51. The number of carbonyl (C=O) groups is 2. The summed E-state index contributed by atoms with van der Waals surface area (Å²) in [5.74, 6) is 0.231. The summed E-state index contributed by atoms with van der Waals surface area (Å²) in [4.78, 5) is 27.1. The number of aryl methyl sites for hydroxylation is 1. The number of carbonyl (C=O) groups excluding carboxylic acids is 2. The average molecular weight is 421 g/mol. The van der Waals surface area contributed by atoms with Crippen LogP contribution in [0.4, 0.5) is 11.4 Å². The number of benzene rings is 3. The second-order valence-corrected chi connectivity index (χ2v) is 7.75. The molecular weight excluding hydrogens is 400 g/mol. The second-order valence-electron chi connectivity index (χ2n) is 7.32. The van der Waals surface area contributed by atoms with Crippen molar-refractivity contribution >= 4 is 34.8 Å². The van der Waals surface area contributed by atoms with E-state index in [1.165, 1.54) is 0 Å². The van der Waals surface area contributed by atoms with Crippen LogP contribution in [0.3, 0.4) is 0 Å². The van der Waals surface area contributed by atoms with E-state index in [-0.39, 0.29) is 11.8 Å². The highest BCUT2D eigenvalue weighted by Gasteiger charge is 2.32. The predicted octanol–water partition coefficient (Wildman–Crippen LogP) is 5.21. The Hall–Kier alpha value is -3.31. The van der Waals surface area contributed by atoms with Gasteiger partial charge >= 0.3 is 0 Å². The number of hydrogen-bond acceptors (Lipinski definition) is 3. The van der Waals surface area contributed by atoms with Crippen LogP contribution in [0.15, 0.2) is 66.7 Å². The minimum absolute atomic E-state index is 0.149. The Morgan fingerprint density at radius 2 is 1.87 bits per heavy atom. The number of rotatable bonds is 4. The summed E-state index contributed by atoms with van der Waals surface area (Å²) in [7, 11) is 0. The molecule has 0 saturated carbocycles. The van der Waals surface area contributed by atoms with E-state index in [9.17, 15) is 9.59 Å². The molecular formula is C24H21ClN2O3. The second kappa shape index (κ2) is 8.20. The van der Waals surface area contributed by atoms with Crippen LogP contribution in [-0.4, -0.2) is 17.9 Å². The fourth-order valence-corrected chi connectivity index (χ4v) is 3.59. The fourth-order valence-electron chi connectivity index (χ4n) is 3.37. The van der Waals surface area contributed by atoms with Crippen LogP contribution in [0.1, 0.15) is 28.4 Å². The molecule has 3 aromatic carbocycles. The van der Waals surface area contributed by atoms with Crippen molar-refractivity contribution in [3.05, 3.63) is 88.4 Å². The molecule has 0 bridgehead atoms. The van der Waals surface area contributed by atoms with Gasteiger partial charge in [-0.25, -0.2) is 0 Å². The zero-order chi connectivity index (χ0) is 21.3. The van der Waals surface area contributed by atoms with Gasteiger partial charge in [0.05, 0.1) is 12.2 Å². The zero-order valence-electron chi connectivity index (χ0n) is 16.7. The van der Waals surface area contributed by atoms with E-state index in [0.29, 0.717) is 34.3 Å². The van der Waals surface area contributed by atoms with Gasteiger partial charge in [-0.2, -0.15) is 0 Å². The molecule has 1 N–H and O–H groups in total. The molecule has 1 aliphatic heterocycles. The lowest BCUT2D eigenvalue weighted by Crippen LogP contribution is -2.44. The Balaban J connectivity index is 1.63. The van der Waals surface area contributed by atoms with Crippen LogP contribution in [0.2, 0.25) is 5.02 Å². The molecule has 0 aromatic heterocycles. The van der Waals surface area contributed by atoms with Crippen LogP contribution in [0.5, 0.6) is 5.75 Å². The lowest BCUT2D eigenvalue weighted by atomic mass is 10.1. The third-order valence-corrected chi connectivity index (χ3v) is 5.20. The van der Waals surface area contributed by atoms with Crippen molar-refractivity contribution in [2.75, 3.05) is 10.2 Å². The first kappa shape index (κ1) is 20.0. The summed E-state index contributed by atoms with van der Waals surface area (Å²) in [6.45, 7) is 4.05. The number of fused-ring (bicyclic) bond motifs is 1. The Kier molecular flexibility index (Phi) is 5.46. The average Bonchev–Trinajstić information content (AvgIpc) is 2.72. The largest absolute Gasteiger partial charge is 0.479 e. The quantitative estimate of drug-likeness (QED) is 0.629. The topological polar surface area (TPSA) is 58.6 Å². The molecule has 4 rings (SSSR count). The molecule has 152 valence electrons. The van der Waals surface area contributed by atoms with Crippen LogP contribution < -0.4 is 15.0 Å². The van der Waals surface area contributed by atoms with E-state index >= 15 is 0 Å². The van der Waals surface area contributed by atoms with Gasteiger partial charge in [-0.05, 0) is 61.9 Å². The summed E-state index contributed by atoms with van der Waals surface area (Å²) in [6.07, 6.45) is -0.593. The minimum Gasteiger partial charge on any atom is -0.479 e. The van der Waals surface area contributed by atoms with E-state index in [1.54, 1.807) is 48.2 Å². The van der Waals surface area contributed by atoms with E-state index in [4.69, 9.17) is 16.3 Å². The van der Waals surface area contributed by atoms with E-state index in [0.717, 1.165) is 11.1 Å². The van der Waals surface area contributed by atoms with Crippen molar-refractivity contribution in [2.24, 2.45) is 0 Å². The molecule has 5 nitrogen and oxygen atoms in total. The maximum Gasteiger partial charge on any atom is 0.268 e. The zero-order valence-corrected chi connectivity index (χ0v) is 17.4. The maximum atomic E-state index is 12.8. The smallest absolute Gasteiger partial charge is 0.268 e. The number of amides is 2. The van der Waals surface area contributed by atoms with Crippen molar-refractivity contribution in [1.29, 1.82) is 0 Å². The Morgan fingerprint density at radius 1 is 1.10 bits per heavy atom. The highest BCUT2D eigenvalue weighted by molar-refractivity contribution is 6.30. The molecule has 1 atom stereocenters. The molecule has 1 unspecified atom stereocenters. The van der Waals surface area contributed by atoms with Crippen LogP contribution in [0, 0.1) is 6.92 Å². The molecule has 1 heterocycles. The van der Waals surface area contributed by atoms with Crippen molar-refractivity contribution in [3.8, 4) is 5.75 Å². The first-order valence-electron chi connectivity index (χ1n) is 9.65. The highest BCUT2D eigenvalue weighted by Crippen LogP contribution is 2.37. The van der Waals surface area contributed by atoms with Gasteiger partial charge in [0.1, 0.15) is 5.75 Å². The van der Waals surface area contributed by atoms with E-state index < -0.39 is 6.10 Å². The number of nitrogens with zero attached hydrogens (tertiary/aromatic N) is 1. The van der Waals surface area contributed by atoms with Gasteiger partial charge in [-0.3, -0.25) is 9.59 Å². The summed E-state index contributed by atoms with van der Waals surface area (Å²) >= 11 is 6.10. The molecule has 0 spiro atoms. The number of halogens is 1. The maximum absolute atomic E-state index is 12.8. The van der Waals surface area contributed by atoms with Crippen molar-refractivity contribution < 1.29 is 14.3 Å². The lowest BCUT2D eigenvalue weighted by molar-refractivity contribution is -0.125. The molecule has 6 heteroatoms. The predicted molar refractivity (Wildman–Crippen MR) is 118 cm³/mol. The third kappa shape index (κ3) is 4.16. The fraction of sp³-hybridized carbons (Fsp3) is 0.167. The van der Waals surface area contributed by atoms with Gasteiger partial charge in [0.2, 0.25) is 0 Å². The summed E-state index contributed by atoms with van der Waals surface area (Å²) in [6, 6.07) is 20.0. The number of hydrogen-bond donors (Lipinski definition) is 1.